The molecule has 1 aliphatic carbocycles. The van der Waals surface area contributed by atoms with E-state index in [2.05, 4.69) is 30.0 Å². The van der Waals surface area contributed by atoms with Crippen molar-refractivity contribution in [3.8, 4) is 0 Å². The van der Waals surface area contributed by atoms with Crippen LogP contribution in [0.1, 0.15) is 31.6 Å². The Morgan fingerprint density at radius 1 is 1.18 bits per heavy atom. The summed E-state index contributed by atoms with van der Waals surface area (Å²) in [6.45, 7) is 2.87. The summed E-state index contributed by atoms with van der Waals surface area (Å²) in [5.74, 6) is 1.78. The Labute approximate surface area is 129 Å². The average Bonchev–Trinajstić information content (AvgIpc) is 3.26. The van der Waals surface area contributed by atoms with Crippen molar-refractivity contribution in [1.29, 1.82) is 0 Å². The fourth-order valence-corrected chi connectivity index (χ4v) is 3.27. The molecule has 0 bridgehead atoms. The lowest BCUT2D eigenvalue weighted by Crippen LogP contribution is -2.46. The average molecular weight is 300 g/mol. The highest BCUT2D eigenvalue weighted by Crippen LogP contribution is 2.35. The maximum Gasteiger partial charge on any atom is 0.230 e. The van der Waals surface area contributed by atoms with E-state index >= 15 is 0 Å². The molecule has 2 aliphatic rings. The molecule has 4 rings (SSSR count). The third-order valence-electron chi connectivity index (χ3n) is 4.49. The fourth-order valence-electron chi connectivity index (χ4n) is 3.27. The maximum atomic E-state index is 5.24. The number of hydrogen-bond donors (Lipinski definition) is 0. The first-order chi connectivity index (χ1) is 10.9. The molecule has 1 saturated heterocycles. The molecule has 3 heterocycles. The Morgan fingerprint density at radius 3 is 2.64 bits per heavy atom. The van der Waals surface area contributed by atoms with E-state index in [0.29, 0.717) is 18.0 Å². The molecule has 0 aromatic carbocycles. The molecule has 0 amide bonds. The summed E-state index contributed by atoms with van der Waals surface area (Å²) >= 11 is 0. The number of nitrogens with zero attached hydrogens (tertiary/aromatic N) is 6. The van der Waals surface area contributed by atoms with Crippen LogP contribution < -0.4 is 4.90 Å². The molecule has 0 N–H and O–H groups in total. The molecular formula is C15H20N6O. The van der Waals surface area contributed by atoms with Crippen LogP contribution in [0.2, 0.25) is 0 Å². The lowest BCUT2D eigenvalue weighted by Gasteiger charge is -2.39. The standard InChI is InChI=1S/C15H20N6O/c1-2-12(1)21(14-3-6-16-10-17-14)13-4-7-20(8-5-13)9-15-19-18-11-22-15/h3,6,10-13H,1-2,4-5,7-9H2. The third-order valence-corrected chi connectivity index (χ3v) is 4.49. The molecule has 116 valence electrons. The van der Waals surface area contributed by atoms with Crippen LogP contribution in [0, 0.1) is 0 Å². The number of anilines is 1. The summed E-state index contributed by atoms with van der Waals surface area (Å²) in [4.78, 5) is 13.4. The van der Waals surface area contributed by atoms with E-state index in [4.69, 9.17) is 4.42 Å². The minimum absolute atomic E-state index is 0.571. The van der Waals surface area contributed by atoms with Gasteiger partial charge in [-0.2, -0.15) is 0 Å². The maximum absolute atomic E-state index is 5.24. The highest BCUT2D eigenvalue weighted by molar-refractivity contribution is 5.41. The largest absolute Gasteiger partial charge is 0.427 e. The van der Waals surface area contributed by atoms with Gasteiger partial charge < -0.3 is 9.32 Å². The SMILES string of the molecule is c1cc(N(C2CC2)C2CCN(Cc3nnco3)CC2)ncn1. The summed E-state index contributed by atoms with van der Waals surface area (Å²) in [6.07, 6.45) is 9.74. The quantitative estimate of drug-likeness (QED) is 0.828. The molecule has 0 unspecified atom stereocenters. The van der Waals surface area contributed by atoms with Crippen molar-refractivity contribution in [3.63, 3.8) is 0 Å². The van der Waals surface area contributed by atoms with Gasteiger partial charge >= 0.3 is 0 Å². The van der Waals surface area contributed by atoms with Gasteiger partial charge in [0.1, 0.15) is 12.1 Å². The van der Waals surface area contributed by atoms with Gasteiger partial charge in [-0.15, -0.1) is 10.2 Å². The van der Waals surface area contributed by atoms with Crippen LogP contribution in [0.15, 0.2) is 29.4 Å². The fraction of sp³-hybridized carbons (Fsp3) is 0.600. The monoisotopic (exact) mass is 300 g/mol. The Kier molecular flexibility index (Phi) is 3.72. The van der Waals surface area contributed by atoms with E-state index in [1.807, 2.05) is 12.3 Å². The van der Waals surface area contributed by atoms with E-state index in [0.717, 1.165) is 38.3 Å². The van der Waals surface area contributed by atoms with Crippen molar-refractivity contribution >= 4 is 5.82 Å². The Morgan fingerprint density at radius 2 is 2.00 bits per heavy atom. The van der Waals surface area contributed by atoms with Crippen LogP contribution in [0.25, 0.3) is 0 Å². The Hall–Kier alpha value is -2.02. The second-order valence-electron chi connectivity index (χ2n) is 6.05. The van der Waals surface area contributed by atoms with Crippen molar-refractivity contribution < 1.29 is 4.42 Å². The van der Waals surface area contributed by atoms with Crippen molar-refractivity contribution in [1.82, 2.24) is 25.1 Å². The first-order valence-electron chi connectivity index (χ1n) is 7.92. The zero-order chi connectivity index (χ0) is 14.8. The normalized spacial score (nSPS) is 20.2. The van der Waals surface area contributed by atoms with Gasteiger partial charge in [0.15, 0.2) is 0 Å². The Bertz CT molecular complexity index is 577. The van der Waals surface area contributed by atoms with Gasteiger partial charge in [0.2, 0.25) is 12.3 Å². The van der Waals surface area contributed by atoms with Gasteiger partial charge in [0.25, 0.3) is 0 Å². The van der Waals surface area contributed by atoms with Crippen molar-refractivity contribution in [3.05, 3.63) is 30.9 Å². The number of aromatic nitrogens is 4. The van der Waals surface area contributed by atoms with Gasteiger partial charge in [-0.3, -0.25) is 4.90 Å². The van der Waals surface area contributed by atoms with Gasteiger partial charge in [0, 0.05) is 31.4 Å². The summed E-state index contributed by atoms with van der Waals surface area (Å²) < 4.78 is 5.24. The van der Waals surface area contributed by atoms with E-state index < -0.39 is 0 Å². The molecule has 7 heteroatoms. The first kappa shape index (κ1) is 13.6. The predicted molar refractivity (Wildman–Crippen MR) is 80.1 cm³/mol. The second kappa shape index (κ2) is 6.00. The molecule has 22 heavy (non-hydrogen) atoms. The van der Waals surface area contributed by atoms with Crippen molar-refractivity contribution in [2.45, 2.75) is 44.3 Å². The van der Waals surface area contributed by atoms with Crippen LogP contribution in [0.5, 0.6) is 0 Å². The molecule has 2 aromatic rings. The van der Waals surface area contributed by atoms with Gasteiger partial charge in [-0.25, -0.2) is 9.97 Å². The summed E-state index contributed by atoms with van der Waals surface area (Å²) in [7, 11) is 0. The molecule has 0 atom stereocenters. The summed E-state index contributed by atoms with van der Waals surface area (Å²) in [6, 6.07) is 3.27. The van der Waals surface area contributed by atoms with E-state index in [9.17, 15) is 0 Å². The molecule has 7 nitrogen and oxygen atoms in total. The van der Waals surface area contributed by atoms with Crippen LogP contribution in [-0.2, 0) is 6.54 Å². The number of likely N-dealkylation sites (tertiary alicyclic amines) is 1. The van der Waals surface area contributed by atoms with E-state index in [1.54, 1.807) is 6.33 Å². The highest BCUT2D eigenvalue weighted by atomic mass is 16.4. The second-order valence-corrected chi connectivity index (χ2v) is 6.05. The molecular weight excluding hydrogens is 280 g/mol. The van der Waals surface area contributed by atoms with Gasteiger partial charge in [-0.05, 0) is 31.7 Å². The lowest BCUT2D eigenvalue weighted by molar-refractivity contribution is 0.184. The van der Waals surface area contributed by atoms with E-state index in [1.165, 1.54) is 19.2 Å². The minimum Gasteiger partial charge on any atom is -0.427 e. The molecule has 1 aliphatic heterocycles. The Balaban J connectivity index is 1.39. The predicted octanol–water partition coefficient (Wildman–Crippen LogP) is 1.49. The number of rotatable bonds is 5. The van der Waals surface area contributed by atoms with Crippen molar-refractivity contribution in [2.24, 2.45) is 0 Å². The van der Waals surface area contributed by atoms with Crippen molar-refractivity contribution in [2.75, 3.05) is 18.0 Å². The van der Waals surface area contributed by atoms with Gasteiger partial charge in [-0.1, -0.05) is 0 Å². The zero-order valence-corrected chi connectivity index (χ0v) is 12.5. The molecule has 0 radical (unpaired) electrons. The van der Waals surface area contributed by atoms with Crippen LogP contribution in [-0.4, -0.2) is 50.2 Å². The molecule has 2 aromatic heterocycles. The summed E-state index contributed by atoms with van der Waals surface area (Å²) in [5.41, 5.74) is 0. The first-order valence-corrected chi connectivity index (χ1v) is 7.92. The van der Waals surface area contributed by atoms with Crippen LogP contribution in [0.3, 0.4) is 0 Å². The zero-order valence-electron chi connectivity index (χ0n) is 12.5. The van der Waals surface area contributed by atoms with Gasteiger partial charge in [0.05, 0.1) is 6.54 Å². The minimum atomic E-state index is 0.571. The van der Waals surface area contributed by atoms with Crippen LogP contribution in [0.4, 0.5) is 5.82 Å². The third kappa shape index (κ3) is 2.94. The molecule has 1 saturated carbocycles. The number of piperidine rings is 1. The number of hydrogen-bond acceptors (Lipinski definition) is 7. The lowest BCUT2D eigenvalue weighted by atomic mass is 10.0. The van der Waals surface area contributed by atoms with Crippen LogP contribution >= 0.6 is 0 Å². The highest BCUT2D eigenvalue weighted by Gasteiger charge is 2.36. The summed E-state index contributed by atoms with van der Waals surface area (Å²) in [5, 5.41) is 7.70. The molecule has 2 fully saturated rings. The van der Waals surface area contributed by atoms with E-state index in [-0.39, 0.29) is 0 Å². The topological polar surface area (TPSA) is 71.2 Å². The molecule has 0 spiro atoms. The smallest absolute Gasteiger partial charge is 0.230 e.